The number of hydrogen-bond donors (Lipinski definition) is 0. The van der Waals surface area contributed by atoms with Gasteiger partial charge in [0.1, 0.15) is 0 Å². The molecule has 0 aromatic heterocycles. The first-order valence-electron chi connectivity index (χ1n) is 3.65. The molecule has 0 saturated carbocycles. The third kappa shape index (κ3) is 3.65. The Morgan fingerprint density at radius 2 is 2.00 bits per heavy atom. The van der Waals surface area contributed by atoms with Gasteiger partial charge in [0.2, 0.25) is 9.05 Å². The highest BCUT2D eigenvalue weighted by Gasteiger charge is 2.14. The quantitative estimate of drug-likeness (QED) is 0.479. The van der Waals surface area contributed by atoms with E-state index in [1.807, 2.05) is 0 Å². The largest absolute Gasteiger partial charge is 0.270 e. The van der Waals surface area contributed by atoms with Crippen molar-refractivity contribution in [3.05, 3.63) is 38.9 Å². The Hall–Kier alpha value is -0.850. The van der Waals surface area contributed by atoms with Gasteiger partial charge in [0.05, 0.1) is 15.7 Å². The van der Waals surface area contributed by atoms with Crippen molar-refractivity contribution in [2.45, 2.75) is 5.75 Å². The summed E-state index contributed by atoms with van der Waals surface area (Å²) in [5.74, 6) is -0.453. The fourth-order valence-corrected chi connectivity index (χ4v) is 2.25. The van der Waals surface area contributed by atoms with Crippen LogP contribution < -0.4 is 0 Å². The van der Waals surface area contributed by atoms with Crippen LogP contribution >= 0.6 is 22.3 Å². The van der Waals surface area contributed by atoms with E-state index >= 15 is 0 Å². The molecule has 1 aromatic carbocycles. The molecule has 0 spiro atoms. The molecule has 1 rings (SSSR count). The molecule has 0 bridgehead atoms. The van der Waals surface area contributed by atoms with E-state index in [-0.39, 0.29) is 16.3 Å². The number of nitrogens with zero attached hydrogens (tertiary/aromatic N) is 1. The molecule has 0 atom stereocenters. The van der Waals surface area contributed by atoms with E-state index in [0.717, 1.165) is 6.07 Å². The van der Waals surface area contributed by atoms with E-state index in [2.05, 4.69) is 0 Å². The SMILES string of the molecule is O=[N+]([O-])c1ccc(CS(=O)(=O)Cl)c(Cl)c1. The van der Waals surface area contributed by atoms with Gasteiger partial charge in [-0.3, -0.25) is 10.1 Å². The number of benzene rings is 1. The van der Waals surface area contributed by atoms with E-state index in [1.165, 1.54) is 12.1 Å². The number of rotatable bonds is 3. The summed E-state index contributed by atoms with van der Waals surface area (Å²) >= 11 is 5.65. The van der Waals surface area contributed by atoms with Gasteiger partial charge in [-0.2, -0.15) is 0 Å². The lowest BCUT2D eigenvalue weighted by molar-refractivity contribution is -0.384. The molecule has 0 aliphatic rings. The summed E-state index contributed by atoms with van der Waals surface area (Å²) in [6.07, 6.45) is 0. The summed E-state index contributed by atoms with van der Waals surface area (Å²) in [6, 6.07) is 3.52. The maximum absolute atomic E-state index is 10.7. The van der Waals surface area contributed by atoms with Crippen LogP contribution in [0.2, 0.25) is 5.02 Å². The Morgan fingerprint density at radius 3 is 2.40 bits per heavy atom. The summed E-state index contributed by atoms with van der Waals surface area (Å²) in [5, 5.41) is 10.4. The van der Waals surface area contributed by atoms with Crippen molar-refractivity contribution < 1.29 is 13.3 Å². The van der Waals surface area contributed by atoms with Crippen LogP contribution in [0.3, 0.4) is 0 Å². The molecular formula is C7H5Cl2NO4S. The van der Waals surface area contributed by atoms with Gasteiger partial charge in [0, 0.05) is 22.8 Å². The normalized spacial score (nSPS) is 11.3. The molecule has 1 aromatic rings. The zero-order valence-corrected chi connectivity index (χ0v) is 9.51. The van der Waals surface area contributed by atoms with E-state index in [9.17, 15) is 18.5 Å². The van der Waals surface area contributed by atoms with Gasteiger partial charge in [-0.25, -0.2) is 8.42 Å². The van der Waals surface area contributed by atoms with Gasteiger partial charge < -0.3 is 0 Å². The summed E-state index contributed by atoms with van der Waals surface area (Å²) < 4.78 is 21.5. The Bertz CT molecular complexity index is 500. The predicted octanol–water partition coefficient (Wildman–Crippen LogP) is 2.32. The number of non-ortho nitro benzene ring substituents is 1. The molecule has 0 N–H and O–H groups in total. The highest BCUT2D eigenvalue weighted by atomic mass is 35.7. The van der Waals surface area contributed by atoms with Gasteiger partial charge in [-0.15, -0.1) is 0 Å². The zero-order chi connectivity index (χ0) is 11.6. The topological polar surface area (TPSA) is 77.3 Å². The highest BCUT2D eigenvalue weighted by molar-refractivity contribution is 8.13. The fraction of sp³-hybridized carbons (Fsp3) is 0.143. The van der Waals surface area contributed by atoms with Crippen LogP contribution in [-0.2, 0) is 14.8 Å². The first kappa shape index (κ1) is 12.2. The number of nitro benzene ring substituents is 1. The number of halogens is 2. The first-order chi connectivity index (χ1) is 6.79. The molecule has 82 valence electrons. The average molecular weight is 270 g/mol. The molecule has 0 amide bonds. The van der Waals surface area contributed by atoms with Crippen molar-refractivity contribution >= 4 is 37.0 Å². The van der Waals surface area contributed by atoms with Crippen LogP contribution in [0, 0.1) is 10.1 Å². The standard InChI is InChI=1S/C7H5Cl2NO4S/c8-7-3-6(10(11)12)2-1-5(7)4-15(9,13)14/h1-3H,4H2. The maximum Gasteiger partial charge on any atom is 0.270 e. The highest BCUT2D eigenvalue weighted by Crippen LogP contribution is 2.24. The minimum atomic E-state index is -3.71. The van der Waals surface area contributed by atoms with E-state index in [0.29, 0.717) is 0 Å². The monoisotopic (exact) mass is 269 g/mol. The fourth-order valence-electron chi connectivity index (χ4n) is 0.953. The van der Waals surface area contributed by atoms with Crippen molar-refractivity contribution in [3.8, 4) is 0 Å². The lowest BCUT2D eigenvalue weighted by Gasteiger charge is -2.00. The minimum absolute atomic E-state index is 0.00780. The van der Waals surface area contributed by atoms with Crippen molar-refractivity contribution in [2.24, 2.45) is 0 Å². The summed E-state index contributed by atoms with van der Waals surface area (Å²) in [4.78, 5) is 9.73. The molecule has 0 radical (unpaired) electrons. The second-order valence-electron chi connectivity index (χ2n) is 2.72. The summed E-state index contributed by atoms with van der Waals surface area (Å²) in [6.45, 7) is 0. The molecule has 8 heteroatoms. The van der Waals surface area contributed by atoms with Crippen LogP contribution in [0.4, 0.5) is 5.69 Å². The van der Waals surface area contributed by atoms with Gasteiger partial charge >= 0.3 is 0 Å². The number of hydrogen-bond acceptors (Lipinski definition) is 4. The minimum Gasteiger partial charge on any atom is -0.258 e. The van der Waals surface area contributed by atoms with E-state index in [1.54, 1.807) is 0 Å². The second-order valence-corrected chi connectivity index (χ2v) is 5.90. The van der Waals surface area contributed by atoms with Crippen LogP contribution in [-0.4, -0.2) is 13.3 Å². The molecule has 0 fully saturated rings. The van der Waals surface area contributed by atoms with E-state index < -0.39 is 19.7 Å². The lowest BCUT2D eigenvalue weighted by atomic mass is 10.2. The molecule has 15 heavy (non-hydrogen) atoms. The molecule has 0 aliphatic heterocycles. The average Bonchev–Trinajstić information content (AvgIpc) is 2.05. The lowest BCUT2D eigenvalue weighted by Crippen LogP contribution is -1.97. The van der Waals surface area contributed by atoms with Crippen molar-refractivity contribution in [2.75, 3.05) is 0 Å². The van der Waals surface area contributed by atoms with Crippen LogP contribution in [0.25, 0.3) is 0 Å². The molecule has 0 heterocycles. The van der Waals surface area contributed by atoms with Gasteiger partial charge in [0.25, 0.3) is 5.69 Å². The smallest absolute Gasteiger partial charge is 0.258 e. The third-order valence-corrected chi connectivity index (χ3v) is 2.91. The first-order valence-corrected chi connectivity index (χ1v) is 6.50. The Balaban J connectivity index is 3.09. The van der Waals surface area contributed by atoms with Crippen LogP contribution in [0.1, 0.15) is 5.56 Å². The van der Waals surface area contributed by atoms with Crippen molar-refractivity contribution in [1.82, 2.24) is 0 Å². The summed E-state index contributed by atoms with van der Waals surface area (Å²) in [5.41, 5.74) is 0.0352. The molecule has 0 aliphatic carbocycles. The van der Waals surface area contributed by atoms with Gasteiger partial charge in [-0.05, 0) is 11.6 Å². The maximum atomic E-state index is 10.7. The van der Waals surface area contributed by atoms with Gasteiger partial charge in [0.15, 0.2) is 0 Å². The van der Waals surface area contributed by atoms with Crippen molar-refractivity contribution in [1.29, 1.82) is 0 Å². The van der Waals surface area contributed by atoms with Crippen molar-refractivity contribution in [3.63, 3.8) is 0 Å². The molecule has 5 nitrogen and oxygen atoms in total. The Morgan fingerprint density at radius 1 is 1.40 bits per heavy atom. The third-order valence-electron chi connectivity index (χ3n) is 1.58. The second kappa shape index (κ2) is 4.34. The molecular weight excluding hydrogens is 265 g/mol. The Kier molecular flexibility index (Phi) is 3.54. The van der Waals surface area contributed by atoms with E-state index in [4.69, 9.17) is 22.3 Å². The zero-order valence-electron chi connectivity index (χ0n) is 7.18. The summed E-state index contributed by atoms with van der Waals surface area (Å²) in [7, 11) is 1.31. The predicted molar refractivity (Wildman–Crippen MR) is 56.6 cm³/mol. The van der Waals surface area contributed by atoms with Crippen LogP contribution in [0.5, 0.6) is 0 Å². The number of nitro groups is 1. The van der Waals surface area contributed by atoms with Crippen LogP contribution in [0.15, 0.2) is 18.2 Å². The Labute approximate surface area is 95.2 Å². The van der Waals surface area contributed by atoms with Gasteiger partial charge in [-0.1, -0.05) is 11.6 Å². The molecule has 0 unspecified atom stereocenters. The molecule has 0 saturated heterocycles.